The molecular weight excluding hydrogens is 174 g/mol. The van der Waals surface area contributed by atoms with Crippen LogP contribution in [0.2, 0.25) is 0 Å². The molecule has 1 aliphatic rings. The van der Waals surface area contributed by atoms with Crippen LogP contribution in [0.15, 0.2) is 0 Å². The Labute approximate surface area is 88.2 Å². The van der Waals surface area contributed by atoms with E-state index in [1.54, 1.807) is 0 Å². The standard InChI is InChI=1S/C11H25N3/c1-11(2,3)9-14-6-5-13(4)8-10(14)7-12/h10H,5-9,12H2,1-4H3. The average molecular weight is 199 g/mol. The molecule has 14 heavy (non-hydrogen) atoms. The van der Waals surface area contributed by atoms with Crippen LogP contribution in [0.3, 0.4) is 0 Å². The lowest BCUT2D eigenvalue weighted by Gasteiger charge is -2.42. The van der Waals surface area contributed by atoms with Gasteiger partial charge in [0.2, 0.25) is 0 Å². The van der Waals surface area contributed by atoms with Crippen molar-refractivity contribution in [1.82, 2.24) is 9.80 Å². The van der Waals surface area contributed by atoms with Gasteiger partial charge in [0.25, 0.3) is 0 Å². The summed E-state index contributed by atoms with van der Waals surface area (Å²) in [5.74, 6) is 0. The van der Waals surface area contributed by atoms with Crippen LogP contribution in [-0.4, -0.2) is 55.6 Å². The predicted octanol–water partition coefficient (Wildman–Crippen LogP) is 0.607. The lowest BCUT2D eigenvalue weighted by atomic mass is 9.94. The molecule has 1 fully saturated rings. The summed E-state index contributed by atoms with van der Waals surface area (Å²) in [5, 5.41) is 0. The van der Waals surface area contributed by atoms with E-state index in [2.05, 4.69) is 37.6 Å². The van der Waals surface area contributed by atoms with E-state index in [-0.39, 0.29) is 0 Å². The summed E-state index contributed by atoms with van der Waals surface area (Å²) in [6.07, 6.45) is 0. The third-order valence-corrected chi connectivity index (χ3v) is 2.76. The Balaban J connectivity index is 2.50. The third kappa shape index (κ3) is 3.56. The fourth-order valence-corrected chi connectivity index (χ4v) is 2.09. The number of rotatable bonds is 2. The van der Waals surface area contributed by atoms with Crippen molar-refractivity contribution < 1.29 is 0 Å². The Kier molecular flexibility index (Phi) is 3.93. The van der Waals surface area contributed by atoms with Gasteiger partial charge in [-0.25, -0.2) is 0 Å². The summed E-state index contributed by atoms with van der Waals surface area (Å²) < 4.78 is 0. The molecule has 1 atom stereocenters. The molecule has 1 aliphatic heterocycles. The molecule has 0 aromatic carbocycles. The van der Waals surface area contributed by atoms with Crippen molar-refractivity contribution in [3.63, 3.8) is 0 Å². The molecule has 1 unspecified atom stereocenters. The minimum atomic E-state index is 0.378. The van der Waals surface area contributed by atoms with E-state index in [0.29, 0.717) is 11.5 Å². The molecule has 3 heteroatoms. The summed E-state index contributed by atoms with van der Waals surface area (Å²) >= 11 is 0. The zero-order chi connectivity index (χ0) is 10.8. The molecule has 3 nitrogen and oxygen atoms in total. The van der Waals surface area contributed by atoms with Crippen LogP contribution in [-0.2, 0) is 0 Å². The number of piperazine rings is 1. The zero-order valence-corrected chi connectivity index (χ0v) is 10.1. The van der Waals surface area contributed by atoms with E-state index in [1.165, 1.54) is 6.54 Å². The Morgan fingerprint density at radius 1 is 1.29 bits per heavy atom. The second-order valence-electron chi connectivity index (χ2n) is 5.68. The van der Waals surface area contributed by atoms with Gasteiger partial charge in [0, 0.05) is 38.8 Å². The van der Waals surface area contributed by atoms with Crippen LogP contribution < -0.4 is 5.73 Å². The van der Waals surface area contributed by atoms with Crippen molar-refractivity contribution in [2.24, 2.45) is 11.1 Å². The lowest BCUT2D eigenvalue weighted by Crippen LogP contribution is -2.56. The second kappa shape index (κ2) is 4.60. The second-order valence-corrected chi connectivity index (χ2v) is 5.68. The summed E-state index contributed by atoms with van der Waals surface area (Å²) in [7, 11) is 2.18. The fraction of sp³-hybridized carbons (Fsp3) is 1.00. The van der Waals surface area contributed by atoms with Crippen LogP contribution in [0.5, 0.6) is 0 Å². The molecule has 0 bridgehead atoms. The molecule has 0 spiro atoms. The number of nitrogens with two attached hydrogens (primary N) is 1. The molecule has 0 aromatic heterocycles. The molecule has 0 radical (unpaired) electrons. The Morgan fingerprint density at radius 3 is 2.43 bits per heavy atom. The quantitative estimate of drug-likeness (QED) is 0.707. The van der Waals surface area contributed by atoms with E-state index in [4.69, 9.17) is 5.73 Å². The van der Waals surface area contributed by atoms with Crippen LogP contribution in [0, 0.1) is 5.41 Å². The highest BCUT2D eigenvalue weighted by Gasteiger charge is 2.27. The highest BCUT2D eigenvalue weighted by atomic mass is 15.3. The maximum atomic E-state index is 5.81. The van der Waals surface area contributed by atoms with Crippen molar-refractivity contribution in [3.05, 3.63) is 0 Å². The van der Waals surface area contributed by atoms with E-state index in [9.17, 15) is 0 Å². The average Bonchev–Trinajstić information content (AvgIpc) is 2.06. The van der Waals surface area contributed by atoms with Crippen molar-refractivity contribution in [1.29, 1.82) is 0 Å². The van der Waals surface area contributed by atoms with E-state index in [0.717, 1.165) is 26.2 Å². The smallest absolute Gasteiger partial charge is 0.0346 e. The van der Waals surface area contributed by atoms with Gasteiger partial charge in [0.1, 0.15) is 0 Å². The summed E-state index contributed by atoms with van der Waals surface area (Å²) in [4.78, 5) is 4.91. The topological polar surface area (TPSA) is 32.5 Å². The Morgan fingerprint density at radius 2 is 1.93 bits per heavy atom. The summed E-state index contributed by atoms with van der Waals surface area (Å²) in [6, 6.07) is 0.549. The third-order valence-electron chi connectivity index (χ3n) is 2.76. The van der Waals surface area contributed by atoms with Gasteiger partial charge >= 0.3 is 0 Å². The van der Waals surface area contributed by atoms with E-state index >= 15 is 0 Å². The first-order valence-electron chi connectivity index (χ1n) is 5.55. The van der Waals surface area contributed by atoms with Crippen LogP contribution in [0.25, 0.3) is 0 Å². The van der Waals surface area contributed by atoms with Crippen molar-refractivity contribution in [2.75, 3.05) is 39.8 Å². The van der Waals surface area contributed by atoms with Crippen molar-refractivity contribution in [2.45, 2.75) is 26.8 Å². The summed E-state index contributed by atoms with van der Waals surface area (Å²) in [6.45, 7) is 12.3. The number of likely N-dealkylation sites (N-methyl/N-ethyl adjacent to an activating group) is 1. The minimum absolute atomic E-state index is 0.378. The lowest BCUT2D eigenvalue weighted by molar-refractivity contribution is 0.0654. The first-order valence-corrected chi connectivity index (χ1v) is 5.55. The maximum Gasteiger partial charge on any atom is 0.0346 e. The Bertz CT molecular complexity index is 174. The molecule has 0 saturated carbocycles. The van der Waals surface area contributed by atoms with Gasteiger partial charge in [-0.05, 0) is 12.5 Å². The molecule has 1 saturated heterocycles. The van der Waals surface area contributed by atoms with Gasteiger partial charge in [0.15, 0.2) is 0 Å². The van der Waals surface area contributed by atoms with Crippen LogP contribution >= 0.6 is 0 Å². The fourth-order valence-electron chi connectivity index (χ4n) is 2.09. The van der Waals surface area contributed by atoms with Gasteiger partial charge in [-0.1, -0.05) is 20.8 Å². The van der Waals surface area contributed by atoms with Crippen molar-refractivity contribution >= 4 is 0 Å². The zero-order valence-electron chi connectivity index (χ0n) is 10.1. The van der Waals surface area contributed by atoms with Crippen LogP contribution in [0.4, 0.5) is 0 Å². The van der Waals surface area contributed by atoms with Gasteiger partial charge in [-0.3, -0.25) is 4.90 Å². The van der Waals surface area contributed by atoms with Gasteiger partial charge in [-0.2, -0.15) is 0 Å². The van der Waals surface area contributed by atoms with Crippen molar-refractivity contribution in [3.8, 4) is 0 Å². The maximum absolute atomic E-state index is 5.81. The Hall–Kier alpha value is -0.120. The first kappa shape index (κ1) is 12.0. The number of hydrogen-bond donors (Lipinski definition) is 1. The van der Waals surface area contributed by atoms with Gasteiger partial charge < -0.3 is 10.6 Å². The normalized spacial score (nSPS) is 26.8. The molecule has 0 amide bonds. The van der Waals surface area contributed by atoms with Gasteiger partial charge in [-0.15, -0.1) is 0 Å². The molecule has 1 heterocycles. The summed E-state index contributed by atoms with van der Waals surface area (Å²) in [5.41, 5.74) is 6.18. The number of hydrogen-bond acceptors (Lipinski definition) is 3. The van der Waals surface area contributed by atoms with E-state index < -0.39 is 0 Å². The molecule has 2 N–H and O–H groups in total. The van der Waals surface area contributed by atoms with Gasteiger partial charge in [0.05, 0.1) is 0 Å². The molecule has 0 aromatic rings. The molecule has 84 valence electrons. The highest BCUT2D eigenvalue weighted by molar-refractivity contribution is 4.83. The SMILES string of the molecule is CN1CCN(CC(C)(C)C)C(CN)C1. The predicted molar refractivity (Wildman–Crippen MR) is 61.4 cm³/mol. The molecular formula is C11H25N3. The van der Waals surface area contributed by atoms with E-state index in [1.807, 2.05) is 0 Å². The molecule has 0 aliphatic carbocycles. The largest absolute Gasteiger partial charge is 0.329 e. The molecule has 1 rings (SSSR count). The first-order chi connectivity index (χ1) is 6.42. The minimum Gasteiger partial charge on any atom is -0.329 e. The highest BCUT2D eigenvalue weighted by Crippen LogP contribution is 2.18. The number of nitrogens with zero attached hydrogens (tertiary/aromatic N) is 2. The monoisotopic (exact) mass is 199 g/mol. The van der Waals surface area contributed by atoms with Crippen LogP contribution in [0.1, 0.15) is 20.8 Å².